The molecule has 0 aliphatic carbocycles. The Morgan fingerprint density at radius 2 is 1.92 bits per heavy atom. The molecule has 2 aromatic carbocycles. The number of ether oxygens (including phenoxy) is 1. The Morgan fingerprint density at radius 3 is 2.68 bits per heavy atom. The number of carbonyl (C=O) groups excluding carboxylic acids is 2. The van der Waals surface area contributed by atoms with Crippen LogP contribution in [0.25, 0.3) is 0 Å². The average Bonchev–Trinajstić information content (AvgIpc) is 2.62. The lowest BCUT2D eigenvalue weighted by atomic mass is 10.2. The Balaban J connectivity index is 1.60. The minimum absolute atomic E-state index is 0.00577. The van der Waals surface area contributed by atoms with Crippen LogP contribution >= 0.6 is 11.6 Å². The third-order valence-electron chi connectivity index (χ3n) is 4.12. The largest absolute Gasteiger partial charge is 0.482 e. The molecule has 0 radical (unpaired) electrons. The van der Waals surface area contributed by atoms with Crippen molar-refractivity contribution >= 4 is 29.1 Å². The van der Waals surface area contributed by atoms with Crippen LogP contribution in [-0.4, -0.2) is 36.9 Å². The number of rotatable bonds is 5. The van der Waals surface area contributed by atoms with Gasteiger partial charge in [0, 0.05) is 31.6 Å². The van der Waals surface area contributed by atoms with Crippen molar-refractivity contribution in [2.45, 2.75) is 13.0 Å². The fraction of sp³-hybridized carbons (Fsp3) is 0.263. The van der Waals surface area contributed by atoms with Crippen molar-refractivity contribution < 1.29 is 14.3 Å². The number of hydrogen-bond acceptors (Lipinski definition) is 3. The van der Waals surface area contributed by atoms with Crippen LogP contribution in [0.1, 0.15) is 12.0 Å². The zero-order valence-corrected chi connectivity index (χ0v) is 14.7. The Hall–Kier alpha value is -2.53. The summed E-state index contributed by atoms with van der Waals surface area (Å²) in [6.45, 7) is 0.846. The molecule has 0 unspecified atom stereocenters. The maximum absolute atomic E-state index is 12.4. The summed E-state index contributed by atoms with van der Waals surface area (Å²) in [6.07, 6.45) is 0.254. The van der Waals surface area contributed by atoms with Crippen molar-refractivity contribution in [2.75, 3.05) is 25.1 Å². The molecule has 0 bridgehead atoms. The van der Waals surface area contributed by atoms with Crippen LogP contribution in [0, 0.1) is 0 Å². The summed E-state index contributed by atoms with van der Waals surface area (Å²) >= 11 is 5.87. The van der Waals surface area contributed by atoms with Crippen molar-refractivity contribution in [2.24, 2.45) is 0 Å². The number of fused-ring (bicyclic) bond motifs is 1. The van der Waals surface area contributed by atoms with E-state index in [0.717, 1.165) is 5.56 Å². The number of halogens is 1. The van der Waals surface area contributed by atoms with Crippen LogP contribution in [0.5, 0.6) is 5.75 Å². The van der Waals surface area contributed by atoms with Crippen LogP contribution in [0.15, 0.2) is 48.5 Å². The standard InChI is InChI=1S/C19H19ClN2O3/c1-21(12-14-6-8-15(20)9-7-14)18(23)10-11-22-16-4-2-3-5-17(16)25-13-19(22)24/h2-9H,10-13H2,1H3. The van der Waals surface area contributed by atoms with Gasteiger partial charge in [-0.1, -0.05) is 35.9 Å². The van der Waals surface area contributed by atoms with E-state index in [1.165, 1.54) is 0 Å². The smallest absolute Gasteiger partial charge is 0.265 e. The van der Waals surface area contributed by atoms with Gasteiger partial charge >= 0.3 is 0 Å². The molecule has 1 heterocycles. The summed E-state index contributed by atoms with van der Waals surface area (Å²) in [5, 5.41) is 0.669. The van der Waals surface area contributed by atoms with E-state index in [1.54, 1.807) is 29.0 Å². The molecule has 0 atom stereocenters. The SMILES string of the molecule is CN(Cc1ccc(Cl)cc1)C(=O)CCN1C(=O)COc2ccccc21. The number of hydrogen-bond donors (Lipinski definition) is 0. The molecule has 0 aromatic heterocycles. The first-order valence-electron chi connectivity index (χ1n) is 8.05. The number of amides is 2. The van der Waals surface area contributed by atoms with E-state index >= 15 is 0 Å². The fourth-order valence-corrected chi connectivity index (χ4v) is 2.88. The molecule has 25 heavy (non-hydrogen) atoms. The van der Waals surface area contributed by atoms with Crippen LogP contribution < -0.4 is 9.64 Å². The highest BCUT2D eigenvalue weighted by Gasteiger charge is 2.25. The maximum atomic E-state index is 12.4. The van der Waals surface area contributed by atoms with Gasteiger partial charge in [0.05, 0.1) is 5.69 Å². The van der Waals surface area contributed by atoms with Gasteiger partial charge in [0.25, 0.3) is 5.91 Å². The highest BCUT2D eigenvalue weighted by Crippen LogP contribution is 2.31. The average molecular weight is 359 g/mol. The molecular weight excluding hydrogens is 340 g/mol. The van der Waals surface area contributed by atoms with Gasteiger partial charge in [0.1, 0.15) is 5.75 Å². The van der Waals surface area contributed by atoms with Gasteiger partial charge in [-0.15, -0.1) is 0 Å². The minimum atomic E-state index is -0.133. The van der Waals surface area contributed by atoms with Gasteiger partial charge in [-0.3, -0.25) is 9.59 Å². The van der Waals surface area contributed by atoms with Crippen LogP contribution in [-0.2, 0) is 16.1 Å². The molecular formula is C19H19ClN2O3. The van der Waals surface area contributed by atoms with Crippen molar-refractivity contribution in [3.05, 3.63) is 59.1 Å². The van der Waals surface area contributed by atoms with E-state index < -0.39 is 0 Å². The molecule has 2 aromatic rings. The van der Waals surface area contributed by atoms with Gasteiger partial charge in [0.2, 0.25) is 5.91 Å². The topological polar surface area (TPSA) is 49.9 Å². The Bertz CT molecular complexity index is 776. The number of nitrogens with zero attached hydrogens (tertiary/aromatic N) is 2. The zero-order chi connectivity index (χ0) is 17.8. The Morgan fingerprint density at radius 1 is 1.20 bits per heavy atom. The number of para-hydroxylation sites is 2. The molecule has 6 heteroatoms. The molecule has 2 amide bonds. The van der Waals surface area contributed by atoms with E-state index in [9.17, 15) is 9.59 Å². The van der Waals surface area contributed by atoms with Gasteiger partial charge in [0.15, 0.2) is 6.61 Å². The second kappa shape index (κ2) is 7.57. The van der Waals surface area contributed by atoms with E-state index in [0.29, 0.717) is 29.5 Å². The maximum Gasteiger partial charge on any atom is 0.265 e. The van der Waals surface area contributed by atoms with E-state index in [4.69, 9.17) is 16.3 Å². The Kier molecular flexibility index (Phi) is 5.24. The zero-order valence-electron chi connectivity index (χ0n) is 13.9. The highest BCUT2D eigenvalue weighted by atomic mass is 35.5. The van der Waals surface area contributed by atoms with Crippen LogP contribution in [0.3, 0.4) is 0 Å². The van der Waals surface area contributed by atoms with Crippen molar-refractivity contribution in [3.8, 4) is 5.75 Å². The quantitative estimate of drug-likeness (QED) is 0.825. The second-order valence-electron chi connectivity index (χ2n) is 5.93. The lowest BCUT2D eigenvalue weighted by Gasteiger charge is -2.29. The summed E-state index contributed by atoms with van der Waals surface area (Å²) in [4.78, 5) is 27.8. The minimum Gasteiger partial charge on any atom is -0.482 e. The third kappa shape index (κ3) is 4.12. The van der Waals surface area contributed by atoms with Gasteiger partial charge < -0.3 is 14.5 Å². The molecule has 3 rings (SSSR count). The first kappa shape index (κ1) is 17.3. The van der Waals surface area contributed by atoms with E-state index in [-0.39, 0.29) is 24.8 Å². The predicted molar refractivity (Wildman–Crippen MR) is 96.8 cm³/mol. The normalized spacial score (nSPS) is 13.2. The van der Waals surface area contributed by atoms with Crippen LogP contribution in [0.2, 0.25) is 5.02 Å². The number of anilines is 1. The summed E-state index contributed by atoms with van der Waals surface area (Å²) in [5.41, 5.74) is 1.72. The lowest BCUT2D eigenvalue weighted by Crippen LogP contribution is -2.41. The fourth-order valence-electron chi connectivity index (χ4n) is 2.75. The molecule has 130 valence electrons. The summed E-state index contributed by atoms with van der Waals surface area (Å²) in [7, 11) is 1.76. The highest BCUT2D eigenvalue weighted by molar-refractivity contribution is 6.30. The molecule has 0 saturated heterocycles. The molecule has 0 N–H and O–H groups in total. The molecule has 0 fully saturated rings. The summed E-state index contributed by atoms with van der Waals surface area (Å²) in [6, 6.07) is 14.8. The first-order valence-corrected chi connectivity index (χ1v) is 8.43. The van der Waals surface area contributed by atoms with Crippen molar-refractivity contribution in [3.63, 3.8) is 0 Å². The molecule has 1 aliphatic rings. The van der Waals surface area contributed by atoms with Gasteiger partial charge in [-0.25, -0.2) is 0 Å². The summed E-state index contributed by atoms with van der Waals surface area (Å²) in [5.74, 6) is 0.516. The number of benzene rings is 2. The van der Waals surface area contributed by atoms with Gasteiger partial charge in [-0.05, 0) is 29.8 Å². The third-order valence-corrected chi connectivity index (χ3v) is 4.37. The monoisotopic (exact) mass is 358 g/mol. The van der Waals surface area contributed by atoms with Gasteiger partial charge in [-0.2, -0.15) is 0 Å². The molecule has 0 spiro atoms. The molecule has 0 saturated carbocycles. The molecule has 1 aliphatic heterocycles. The number of carbonyl (C=O) groups is 2. The van der Waals surface area contributed by atoms with Crippen molar-refractivity contribution in [1.29, 1.82) is 0 Å². The Labute approximate surface area is 151 Å². The van der Waals surface area contributed by atoms with E-state index in [2.05, 4.69) is 0 Å². The van der Waals surface area contributed by atoms with Crippen molar-refractivity contribution in [1.82, 2.24) is 4.90 Å². The van der Waals surface area contributed by atoms with Crippen LogP contribution in [0.4, 0.5) is 5.69 Å². The lowest BCUT2D eigenvalue weighted by molar-refractivity contribution is -0.130. The summed E-state index contributed by atoms with van der Waals surface area (Å²) < 4.78 is 5.41. The molecule has 5 nitrogen and oxygen atoms in total. The first-order chi connectivity index (χ1) is 12.0. The van der Waals surface area contributed by atoms with E-state index in [1.807, 2.05) is 36.4 Å². The predicted octanol–water partition coefficient (Wildman–Crippen LogP) is 3.11. The second-order valence-corrected chi connectivity index (χ2v) is 6.36.